The lowest BCUT2D eigenvalue weighted by Crippen LogP contribution is -2.59. The van der Waals surface area contributed by atoms with Crippen LogP contribution >= 0.6 is 0 Å². The number of hydrogen-bond donors (Lipinski definition) is 4. The zero-order chi connectivity index (χ0) is 23.9. The molecular weight excluding hydrogens is 408 g/mol. The fraction of sp³-hybridized carbons (Fsp3) is 0.615. The number of rotatable bonds is 8. The Balaban J connectivity index is 1.88. The molecule has 0 radical (unpaired) electrons. The Kier molecular flexibility index (Phi) is 10.1. The molecule has 0 unspecified atom stereocenters. The van der Waals surface area contributed by atoms with Crippen molar-refractivity contribution in [2.75, 3.05) is 13.2 Å². The maximum Gasteiger partial charge on any atom is 0.187 e. The van der Waals surface area contributed by atoms with Crippen molar-refractivity contribution in [1.82, 2.24) is 0 Å². The van der Waals surface area contributed by atoms with Crippen molar-refractivity contribution in [3.8, 4) is 0 Å². The minimum absolute atomic E-state index is 0.157. The zero-order valence-electron chi connectivity index (χ0n) is 20.0. The third-order valence-electron chi connectivity index (χ3n) is 6.29. The van der Waals surface area contributed by atoms with Crippen molar-refractivity contribution in [2.24, 2.45) is 5.41 Å². The van der Waals surface area contributed by atoms with Gasteiger partial charge < -0.3 is 29.9 Å². The van der Waals surface area contributed by atoms with Gasteiger partial charge in [-0.2, -0.15) is 0 Å². The maximum atomic E-state index is 9.99. The van der Waals surface area contributed by atoms with E-state index in [0.717, 1.165) is 11.1 Å². The van der Waals surface area contributed by atoms with Crippen LogP contribution in [-0.2, 0) is 9.47 Å². The highest BCUT2D eigenvalue weighted by Gasteiger charge is 2.43. The molecule has 0 aromatic rings. The second kappa shape index (κ2) is 12.1. The molecule has 1 fully saturated rings. The summed E-state index contributed by atoms with van der Waals surface area (Å²) < 4.78 is 10.8. The van der Waals surface area contributed by atoms with Gasteiger partial charge >= 0.3 is 0 Å². The van der Waals surface area contributed by atoms with Crippen LogP contribution in [0.5, 0.6) is 0 Å². The quantitative estimate of drug-likeness (QED) is 0.425. The fourth-order valence-corrected chi connectivity index (χ4v) is 4.18. The minimum atomic E-state index is -1.43. The van der Waals surface area contributed by atoms with E-state index in [0.29, 0.717) is 0 Å². The molecule has 0 amide bonds. The summed E-state index contributed by atoms with van der Waals surface area (Å²) >= 11 is 0. The molecule has 2 rings (SSSR count). The van der Waals surface area contributed by atoms with E-state index in [1.165, 1.54) is 30.4 Å². The normalized spacial score (nSPS) is 32.3. The largest absolute Gasteiger partial charge is 0.394 e. The first-order valence-corrected chi connectivity index (χ1v) is 11.4. The van der Waals surface area contributed by atoms with Crippen molar-refractivity contribution in [1.29, 1.82) is 0 Å². The molecular formula is C26H40O6. The Morgan fingerprint density at radius 2 is 1.81 bits per heavy atom. The van der Waals surface area contributed by atoms with Gasteiger partial charge in [-0.25, -0.2) is 0 Å². The van der Waals surface area contributed by atoms with Crippen molar-refractivity contribution in [3.63, 3.8) is 0 Å². The second-order valence-corrected chi connectivity index (χ2v) is 9.51. The molecule has 4 N–H and O–H groups in total. The van der Waals surface area contributed by atoms with Crippen molar-refractivity contribution < 1.29 is 29.9 Å². The lowest BCUT2D eigenvalue weighted by atomic mass is 9.72. The third kappa shape index (κ3) is 7.24. The molecule has 180 valence electrons. The molecule has 0 aromatic carbocycles. The highest BCUT2D eigenvalue weighted by atomic mass is 16.7. The minimum Gasteiger partial charge on any atom is -0.394 e. The molecule has 1 saturated heterocycles. The van der Waals surface area contributed by atoms with Gasteiger partial charge in [0.05, 0.1) is 13.2 Å². The summed E-state index contributed by atoms with van der Waals surface area (Å²) in [5.74, 6) is 0. The lowest BCUT2D eigenvalue weighted by Gasteiger charge is -2.39. The van der Waals surface area contributed by atoms with Crippen LogP contribution in [0.25, 0.3) is 0 Å². The van der Waals surface area contributed by atoms with Crippen LogP contribution in [0, 0.1) is 5.41 Å². The predicted octanol–water partition coefficient (Wildman–Crippen LogP) is 3.33. The van der Waals surface area contributed by atoms with E-state index >= 15 is 0 Å². The van der Waals surface area contributed by atoms with Crippen molar-refractivity contribution in [2.45, 2.75) is 84.6 Å². The first-order chi connectivity index (χ1) is 15.1. The van der Waals surface area contributed by atoms with E-state index in [2.05, 4.69) is 45.9 Å². The molecule has 1 aliphatic heterocycles. The van der Waals surface area contributed by atoms with Crippen molar-refractivity contribution in [3.05, 3.63) is 58.7 Å². The summed E-state index contributed by atoms with van der Waals surface area (Å²) in [5.41, 5.74) is 5.29. The monoisotopic (exact) mass is 448 g/mol. The van der Waals surface area contributed by atoms with Crippen LogP contribution in [0.1, 0.15) is 53.9 Å². The van der Waals surface area contributed by atoms with Crippen LogP contribution < -0.4 is 0 Å². The molecule has 0 saturated carbocycles. The van der Waals surface area contributed by atoms with Gasteiger partial charge in [-0.1, -0.05) is 67.0 Å². The Morgan fingerprint density at radius 3 is 2.47 bits per heavy atom. The van der Waals surface area contributed by atoms with E-state index < -0.39 is 37.3 Å². The number of aliphatic hydroxyl groups is 4. The van der Waals surface area contributed by atoms with Gasteiger partial charge in [-0.15, -0.1) is 0 Å². The Morgan fingerprint density at radius 1 is 1.09 bits per heavy atom. The number of aliphatic hydroxyl groups excluding tert-OH is 4. The average Bonchev–Trinajstić information content (AvgIpc) is 2.73. The molecule has 0 spiro atoms. The first kappa shape index (κ1) is 26.7. The summed E-state index contributed by atoms with van der Waals surface area (Å²) in [6.45, 7) is 10.6. The smallest absolute Gasteiger partial charge is 0.187 e. The Bertz CT molecular complexity index is 771. The molecule has 1 heterocycles. The average molecular weight is 449 g/mol. The van der Waals surface area contributed by atoms with Crippen molar-refractivity contribution >= 4 is 0 Å². The number of hydrogen-bond acceptors (Lipinski definition) is 6. The predicted molar refractivity (Wildman–Crippen MR) is 126 cm³/mol. The standard InChI is InChI=1S/C26H40O6/c1-17(11-12-20-19(3)10-7-14-26(20,4)5)8-6-9-18(2)13-15-31-25-24(30)23(29)22(28)21(16-27)32-25/h6,8-9,11-13,21-25,27-30H,7,10,14-16H2,1-5H3/b9-6+,12-11-,17-8+,18-13+/t21-,22-,23+,24-,25-/m1/s1. The Hall–Kier alpha value is -1.54. The van der Waals surface area contributed by atoms with Gasteiger partial charge in [0.2, 0.25) is 0 Å². The van der Waals surface area contributed by atoms with Gasteiger partial charge in [-0.05, 0) is 51.0 Å². The van der Waals surface area contributed by atoms with Gasteiger partial charge in [0.15, 0.2) is 6.29 Å². The van der Waals surface area contributed by atoms with Gasteiger partial charge in [0.25, 0.3) is 0 Å². The van der Waals surface area contributed by atoms with E-state index in [4.69, 9.17) is 9.47 Å². The molecule has 32 heavy (non-hydrogen) atoms. The zero-order valence-corrected chi connectivity index (χ0v) is 20.0. The molecule has 0 bridgehead atoms. The van der Waals surface area contributed by atoms with Crippen LogP contribution in [-0.4, -0.2) is 64.3 Å². The molecule has 6 nitrogen and oxygen atoms in total. The summed E-state index contributed by atoms with van der Waals surface area (Å²) in [4.78, 5) is 0. The topological polar surface area (TPSA) is 99.4 Å². The Labute approximate surface area is 192 Å². The van der Waals surface area contributed by atoms with Gasteiger partial charge in [-0.3, -0.25) is 0 Å². The van der Waals surface area contributed by atoms with Crippen LogP contribution in [0.4, 0.5) is 0 Å². The number of allylic oxidation sites excluding steroid dienone is 9. The van der Waals surface area contributed by atoms with Crippen LogP contribution in [0.15, 0.2) is 58.7 Å². The van der Waals surface area contributed by atoms with E-state index in [1.54, 1.807) is 0 Å². The second-order valence-electron chi connectivity index (χ2n) is 9.51. The molecule has 2 aliphatic rings. The maximum absolute atomic E-state index is 9.99. The molecule has 5 atom stereocenters. The van der Waals surface area contributed by atoms with Crippen LogP contribution in [0.3, 0.4) is 0 Å². The van der Waals surface area contributed by atoms with E-state index in [1.807, 2.05) is 25.2 Å². The SMILES string of the molecule is CC1=C(\C=C/C(C)=C/C=C/C(C)=C/CO[C@@H]2O[C@H](CO)[C@@H](O)[C@H](O)[C@H]2O)C(C)(C)CCC1. The number of ether oxygens (including phenoxy) is 2. The van der Waals surface area contributed by atoms with Gasteiger partial charge in [0, 0.05) is 0 Å². The lowest BCUT2D eigenvalue weighted by molar-refractivity contribution is -0.298. The molecule has 0 aromatic heterocycles. The van der Waals surface area contributed by atoms with Crippen LogP contribution in [0.2, 0.25) is 0 Å². The first-order valence-electron chi connectivity index (χ1n) is 11.4. The van der Waals surface area contributed by atoms with E-state index in [-0.39, 0.29) is 12.0 Å². The summed E-state index contributed by atoms with van der Waals surface area (Å²) in [6, 6.07) is 0. The highest BCUT2D eigenvalue weighted by molar-refractivity contribution is 5.37. The fourth-order valence-electron chi connectivity index (χ4n) is 4.18. The summed E-state index contributed by atoms with van der Waals surface area (Å²) in [6.07, 6.45) is 9.62. The summed E-state index contributed by atoms with van der Waals surface area (Å²) in [5, 5.41) is 38.8. The van der Waals surface area contributed by atoms with Gasteiger partial charge in [0.1, 0.15) is 24.4 Å². The van der Waals surface area contributed by atoms with E-state index in [9.17, 15) is 20.4 Å². The summed E-state index contributed by atoms with van der Waals surface area (Å²) in [7, 11) is 0. The highest BCUT2D eigenvalue weighted by Crippen LogP contribution is 2.40. The molecule has 1 aliphatic carbocycles. The third-order valence-corrected chi connectivity index (χ3v) is 6.29. The molecule has 6 heteroatoms.